The Bertz CT molecular complexity index is 1610. The van der Waals surface area contributed by atoms with Crippen molar-refractivity contribution in [1.82, 2.24) is 25.5 Å². The first-order valence-corrected chi connectivity index (χ1v) is 15.0. The molecule has 0 radical (unpaired) electrons. The van der Waals surface area contributed by atoms with E-state index in [2.05, 4.69) is 70.8 Å². The molecule has 0 bridgehead atoms. The summed E-state index contributed by atoms with van der Waals surface area (Å²) in [5.74, 6) is 0.573. The van der Waals surface area contributed by atoms with Gasteiger partial charge < -0.3 is 15.2 Å². The number of pyridine rings is 1. The number of hydrogen-bond acceptors (Lipinski definition) is 4. The van der Waals surface area contributed by atoms with Crippen LogP contribution in [0.4, 0.5) is 0 Å². The summed E-state index contributed by atoms with van der Waals surface area (Å²) in [6, 6.07) is 16.8. The summed E-state index contributed by atoms with van der Waals surface area (Å²) in [6.45, 7) is 14.7. The number of amides is 1. The lowest BCUT2D eigenvalue weighted by molar-refractivity contribution is -0.135. The first-order valence-electron chi connectivity index (χ1n) is 15.0. The smallest absolute Gasteiger partial charge is 0.232 e. The summed E-state index contributed by atoms with van der Waals surface area (Å²) in [5, 5.41) is 16.3. The van der Waals surface area contributed by atoms with Gasteiger partial charge in [0.1, 0.15) is 0 Å². The van der Waals surface area contributed by atoms with Crippen LogP contribution in [-0.2, 0) is 23.1 Å². The fraction of sp³-hybridized carbons (Fsp3) is 0.371. The molecule has 3 N–H and O–H groups in total. The number of nitrogens with one attached hydrogen (secondary N) is 3. The maximum atomic E-state index is 13.5. The molecule has 2 aromatic heterocycles. The number of likely N-dealkylation sites (N-methyl/N-ethyl adjacent to an activating group) is 1. The molecule has 0 aliphatic rings. The van der Waals surface area contributed by atoms with Gasteiger partial charge in [-0.3, -0.25) is 20.1 Å². The molecule has 2 heterocycles. The lowest BCUT2D eigenvalue weighted by Gasteiger charge is -2.31. The van der Waals surface area contributed by atoms with E-state index in [1.54, 1.807) is 6.20 Å². The second-order valence-corrected chi connectivity index (χ2v) is 11.5. The van der Waals surface area contributed by atoms with Gasteiger partial charge in [0.25, 0.3) is 0 Å². The van der Waals surface area contributed by atoms with Crippen LogP contribution in [0.15, 0.2) is 65.9 Å². The molecule has 2 aromatic carbocycles. The predicted molar refractivity (Wildman–Crippen MR) is 175 cm³/mol. The molecule has 0 spiro atoms. The minimum atomic E-state index is -0.672. The minimum absolute atomic E-state index is 0.123. The van der Waals surface area contributed by atoms with E-state index >= 15 is 0 Å². The van der Waals surface area contributed by atoms with Gasteiger partial charge in [-0.15, -0.1) is 0 Å². The third-order valence-electron chi connectivity index (χ3n) is 7.96. The highest BCUT2D eigenvalue weighted by Gasteiger charge is 2.33. The number of nitriles is 1. The summed E-state index contributed by atoms with van der Waals surface area (Å²) in [7, 11) is 0. The highest BCUT2D eigenvalue weighted by molar-refractivity contribution is 5.94. The number of aliphatic imine (C=N–C) groups is 1. The van der Waals surface area contributed by atoms with Crippen LogP contribution >= 0.6 is 0 Å². The van der Waals surface area contributed by atoms with Crippen molar-refractivity contribution in [3.63, 3.8) is 0 Å². The normalized spacial score (nSPS) is 11.8. The number of guanidine groups is 1. The Kier molecular flexibility index (Phi) is 10.2. The van der Waals surface area contributed by atoms with Crippen LogP contribution < -0.4 is 10.6 Å². The van der Waals surface area contributed by atoms with E-state index in [-0.39, 0.29) is 5.91 Å². The quantitative estimate of drug-likeness (QED) is 0.0904. The van der Waals surface area contributed by atoms with Gasteiger partial charge in [-0.2, -0.15) is 5.26 Å². The van der Waals surface area contributed by atoms with Crippen LogP contribution in [0.5, 0.6) is 0 Å². The number of fused-ring (bicyclic) bond motifs is 1. The van der Waals surface area contributed by atoms with E-state index in [9.17, 15) is 10.1 Å². The summed E-state index contributed by atoms with van der Waals surface area (Å²) >= 11 is 0. The van der Waals surface area contributed by atoms with Gasteiger partial charge in [0, 0.05) is 55.2 Å². The first-order chi connectivity index (χ1) is 20.7. The van der Waals surface area contributed by atoms with Gasteiger partial charge in [-0.1, -0.05) is 29.3 Å². The highest BCUT2D eigenvalue weighted by Crippen LogP contribution is 2.35. The number of rotatable bonds is 11. The molecule has 1 amide bonds. The molecule has 4 aromatic rings. The molecule has 0 unspecified atom stereocenters. The third kappa shape index (κ3) is 7.42. The van der Waals surface area contributed by atoms with Crippen LogP contribution in [0, 0.1) is 25.3 Å². The number of carbonyl (C=O) groups excluding carboxylic acids is 1. The van der Waals surface area contributed by atoms with Crippen molar-refractivity contribution >= 4 is 22.8 Å². The van der Waals surface area contributed by atoms with E-state index in [0.717, 1.165) is 45.3 Å². The van der Waals surface area contributed by atoms with Crippen molar-refractivity contribution in [3.8, 4) is 17.5 Å². The largest absolute Gasteiger partial charge is 0.355 e. The van der Waals surface area contributed by atoms with Gasteiger partial charge in [-0.25, -0.2) is 0 Å². The van der Waals surface area contributed by atoms with Gasteiger partial charge >= 0.3 is 0 Å². The number of aromatic nitrogens is 2. The summed E-state index contributed by atoms with van der Waals surface area (Å²) in [4.78, 5) is 27.9. The number of nitrogens with zero attached hydrogens (tertiary/aromatic N) is 4. The molecule has 43 heavy (non-hydrogen) atoms. The molecule has 224 valence electrons. The Morgan fingerprint density at radius 3 is 2.47 bits per heavy atom. The molecule has 8 heteroatoms. The van der Waals surface area contributed by atoms with Gasteiger partial charge in [0.15, 0.2) is 6.19 Å². The molecule has 0 saturated carbocycles. The Morgan fingerprint density at radius 1 is 1.07 bits per heavy atom. The number of benzene rings is 2. The van der Waals surface area contributed by atoms with E-state index < -0.39 is 5.41 Å². The van der Waals surface area contributed by atoms with Crippen molar-refractivity contribution < 1.29 is 4.79 Å². The van der Waals surface area contributed by atoms with Crippen molar-refractivity contribution in [3.05, 3.63) is 88.7 Å². The lowest BCUT2D eigenvalue weighted by Crippen LogP contribution is -2.43. The van der Waals surface area contributed by atoms with Crippen molar-refractivity contribution in [2.24, 2.45) is 4.99 Å². The summed E-state index contributed by atoms with van der Waals surface area (Å²) in [5.41, 5.74) is 8.16. The molecule has 0 fully saturated rings. The molecule has 8 nitrogen and oxygen atoms in total. The monoisotopic (exact) mass is 577 g/mol. The zero-order valence-corrected chi connectivity index (χ0v) is 26.2. The number of hydrogen-bond donors (Lipinski definition) is 3. The Balaban J connectivity index is 1.68. The molecule has 0 saturated heterocycles. The fourth-order valence-electron chi connectivity index (χ4n) is 5.63. The first kappa shape index (κ1) is 31.3. The van der Waals surface area contributed by atoms with Crippen molar-refractivity contribution in [2.45, 2.75) is 59.8 Å². The van der Waals surface area contributed by atoms with E-state index in [4.69, 9.17) is 4.99 Å². The highest BCUT2D eigenvalue weighted by atomic mass is 16.2. The summed E-state index contributed by atoms with van der Waals surface area (Å²) in [6.07, 6.45) is 7.01. The molecular formula is C35H43N7O. The van der Waals surface area contributed by atoms with E-state index in [0.29, 0.717) is 38.6 Å². The van der Waals surface area contributed by atoms with Gasteiger partial charge in [0.05, 0.1) is 5.41 Å². The van der Waals surface area contributed by atoms with E-state index in [1.807, 2.05) is 57.1 Å². The SMILES string of the molecule is CCN(CC)C(=O)C(C)(C)c1ccc2[nH]c(-c3cc(C)cc(C)c3)c(CCN=C(NC#N)NCCc3cccnc3)c2c1. The van der Waals surface area contributed by atoms with Crippen LogP contribution in [-0.4, -0.2) is 52.9 Å². The maximum Gasteiger partial charge on any atom is 0.232 e. The fourth-order valence-corrected chi connectivity index (χ4v) is 5.63. The molecule has 4 rings (SSSR count). The Morgan fingerprint density at radius 2 is 1.81 bits per heavy atom. The molecular weight excluding hydrogens is 534 g/mol. The third-order valence-corrected chi connectivity index (χ3v) is 7.96. The zero-order valence-electron chi connectivity index (χ0n) is 26.2. The van der Waals surface area contributed by atoms with Crippen LogP contribution in [0.3, 0.4) is 0 Å². The number of H-pyrrole nitrogens is 1. The average Bonchev–Trinajstić information content (AvgIpc) is 3.35. The summed E-state index contributed by atoms with van der Waals surface area (Å²) < 4.78 is 0. The van der Waals surface area contributed by atoms with E-state index in [1.165, 1.54) is 11.1 Å². The van der Waals surface area contributed by atoms with Gasteiger partial charge in [0.2, 0.25) is 11.9 Å². The van der Waals surface area contributed by atoms with Crippen LogP contribution in [0.25, 0.3) is 22.2 Å². The zero-order chi connectivity index (χ0) is 31.0. The Hall–Kier alpha value is -4.64. The number of aryl methyl sites for hydroxylation is 2. The predicted octanol–water partition coefficient (Wildman–Crippen LogP) is 5.79. The Labute approximate surface area is 255 Å². The topological polar surface area (TPSA) is 109 Å². The van der Waals surface area contributed by atoms with Gasteiger partial charge in [-0.05, 0) is 107 Å². The average molecular weight is 578 g/mol. The van der Waals surface area contributed by atoms with Crippen LogP contribution in [0.2, 0.25) is 0 Å². The van der Waals surface area contributed by atoms with Crippen molar-refractivity contribution in [1.29, 1.82) is 5.26 Å². The molecule has 0 aliphatic heterocycles. The lowest BCUT2D eigenvalue weighted by atomic mass is 9.82. The molecule has 0 aliphatic carbocycles. The van der Waals surface area contributed by atoms with Crippen molar-refractivity contribution in [2.75, 3.05) is 26.2 Å². The standard InChI is InChI=1S/C35H43N7O/c1-7-42(8-2)33(43)35(5,6)28-11-12-31-30(21-28)29(32(41-31)27-19-24(3)18-25(4)20-27)14-17-39-34(40-23-36)38-16-13-26-10-9-15-37-22-26/h9-12,15,18-22,41H,7-8,13-14,16-17H2,1-6H3,(H2,38,39,40). The number of aromatic amines is 1. The second-order valence-electron chi connectivity index (χ2n) is 11.5. The molecule has 0 atom stereocenters. The number of carbonyl (C=O) groups is 1. The minimum Gasteiger partial charge on any atom is -0.355 e. The maximum absolute atomic E-state index is 13.5. The second kappa shape index (κ2) is 14.0. The van der Waals surface area contributed by atoms with Crippen LogP contribution in [0.1, 0.15) is 55.5 Å².